The molecule has 0 radical (unpaired) electrons. The maximum Gasteiger partial charge on any atom is 0.178 e. The summed E-state index contributed by atoms with van der Waals surface area (Å²) in [5.41, 5.74) is -0.999. The molecule has 5 rings (SSSR count). The molecule has 26 heavy (non-hydrogen) atoms. The summed E-state index contributed by atoms with van der Waals surface area (Å²) in [5.74, 6) is 0.536. The van der Waals surface area contributed by atoms with E-state index in [4.69, 9.17) is 4.74 Å². The molecule has 0 aromatic carbocycles. The number of fused-ring (bicyclic) bond motifs is 3. The molecule has 0 bridgehead atoms. The van der Waals surface area contributed by atoms with Crippen LogP contribution in [0, 0.1) is 28.6 Å². The minimum Gasteiger partial charge on any atom is -0.381 e. The highest BCUT2D eigenvalue weighted by atomic mass is 16.6. The number of carbonyl (C=O) groups excluding carboxylic acids is 2. The predicted octanol–water partition coefficient (Wildman–Crippen LogP) is 2.99. The zero-order chi connectivity index (χ0) is 18.7. The molecule has 1 aliphatic heterocycles. The van der Waals surface area contributed by atoms with Gasteiger partial charge in [0.1, 0.15) is 11.2 Å². The second-order valence-corrected chi connectivity index (χ2v) is 9.84. The van der Waals surface area contributed by atoms with E-state index in [1.54, 1.807) is 12.2 Å². The van der Waals surface area contributed by atoms with E-state index in [0.29, 0.717) is 5.92 Å². The van der Waals surface area contributed by atoms with Crippen LogP contribution in [0.2, 0.25) is 0 Å². The predicted molar refractivity (Wildman–Crippen MR) is 96.3 cm³/mol. The van der Waals surface area contributed by atoms with E-state index < -0.39 is 11.0 Å². The fraction of sp³-hybridized carbons (Fsp3) is 0.727. The summed E-state index contributed by atoms with van der Waals surface area (Å²) in [6.07, 6.45) is 9.07. The highest BCUT2D eigenvalue weighted by Crippen LogP contribution is 2.76. The number of ether oxygens (including phenoxy) is 1. The Hall–Kier alpha value is -1.26. The third-order valence-corrected chi connectivity index (χ3v) is 9.05. The molecule has 1 heterocycles. The van der Waals surface area contributed by atoms with Gasteiger partial charge in [-0.15, -0.1) is 0 Å². The minimum absolute atomic E-state index is 0.0298. The third-order valence-electron chi connectivity index (χ3n) is 9.05. The molecule has 4 fully saturated rings. The quantitative estimate of drug-likeness (QED) is 0.734. The van der Waals surface area contributed by atoms with Gasteiger partial charge in [-0.3, -0.25) is 9.59 Å². The van der Waals surface area contributed by atoms with Crippen LogP contribution in [0.4, 0.5) is 0 Å². The Bertz CT molecular complexity index is 796. The summed E-state index contributed by atoms with van der Waals surface area (Å²) in [4.78, 5) is 24.4. The van der Waals surface area contributed by atoms with Crippen molar-refractivity contribution < 1.29 is 19.4 Å². The molecule has 140 valence electrons. The number of carbonyl (C=O) groups is 2. The van der Waals surface area contributed by atoms with Gasteiger partial charge in [-0.1, -0.05) is 25.5 Å². The van der Waals surface area contributed by atoms with Crippen LogP contribution in [-0.4, -0.2) is 34.0 Å². The Morgan fingerprint density at radius 3 is 2.73 bits per heavy atom. The van der Waals surface area contributed by atoms with E-state index >= 15 is 0 Å². The molecule has 1 spiro atoms. The summed E-state index contributed by atoms with van der Waals surface area (Å²) in [6, 6.07) is 0. The van der Waals surface area contributed by atoms with Crippen LogP contribution in [0.15, 0.2) is 23.8 Å². The molecule has 0 unspecified atom stereocenters. The average Bonchev–Trinajstić information content (AvgIpc) is 3.25. The molecule has 4 heteroatoms. The average molecular weight is 356 g/mol. The first kappa shape index (κ1) is 16.9. The van der Waals surface area contributed by atoms with E-state index in [-0.39, 0.29) is 40.5 Å². The van der Waals surface area contributed by atoms with Crippen LogP contribution >= 0.6 is 0 Å². The van der Waals surface area contributed by atoms with Gasteiger partial charge in [-0.25, -0.2) is 0 Å². The Morgan fingerprint density at radius 2 is 2.04 bits per heavy atom. The molecule has 1 saturated heterocycles. The molecule has 5 aliphatic rings. The zero-order valence-corrected chi connectivity index (χ0v) is 16.0. The van der Waals surface area contributed by atoms with Gasteiger partial charge in [-0.05, 0) is 69.4 Å². The highest BCUT2D eigenvalue weighted by molar-refractivity contribution is 6.01. The molecule has 0 aromatic rings. The maximum absolute atomic E-state index is 12.5. The maximum atomic E-state index is 12.5. The number of Topliss-reactive ketones (excluding diaryl/α,β-unsaturated/α-hetero) is 1. The van der Waals surface area contributed by atoms with E-state index in [2.05, 4.69) is 19.9 Å². The van der Waals surface area contributed by atoms with Crippen molar-refractivity contribution in [3.05, 3.63) is 23.8 Å². The highest BCUT2D eigenvalue weighted by Gasteiger charge is 2.81. The van der Waals surface area contributed by atoms with Crippen molar-refractivity contribution in [2.24, 2.45) is 28.6 Å². The first-order chi connectivity index (χ1) is 12.1. The van der Waals surface area contributed by atoms with Crippen molar-refractivity contribution in [1.82, 2.24) is 0 Å². The molecule has 4 nitrogen and oxygen atoms in total. The van der Waals surface area contributed by atoms with Gasteiger partial charge in [0.25, 0.3) is 0 Å². The van der Waals surface area contributed by atoms with Crippen molar-refractivity contribution in [3.8, 4) is 0 Å². The standard InChI is InChI=1S/C22H28O4/c1-12-9-17-16-6-5-14-10-15(24)7-8-19(14,3)22(16)18(26-22)11-20(17,4)21(12,25)13(2)23/h7-8,10,12,16-18,25H,5-6,9,11H2,1-4H3/t12-,16-,17-,18-,19-,20-,21-,22-/m0/s1. The van der Waals surface area contributed by atoms with Crippen LogP contribution < -0.4 is 0 Å². The van der Waals surface area contributed by atoms with E-state index in [9.17, 15) is 14.7 Å². The molecule has 8 atom stereocenters. The smallest absolute Gasteiger partial charge is 0.178 e. The molecule has 0 aromatic heterocycles. The lowest BCUT2D eigenvalue weighted by atomic mass is 9.47. The lowest BCUT2D eigenvalue weighted by Crippen LogP contribution is -2.61. The molecule has 4 aliphatic carbocycles. The number of hydrogen-bond acceptors (Lipinski definition) is 4. The van der Waals surface area contributed by atoms with Gasteiger partial charge in [0.15, 0.2) is 11.6 Å². The van der Waals surface area contributed by atoms with Crippen molar-refractivity contribution in [2.45, 2.75) is 70.7 Å². The SMILES string of the molecule is CC(=O)[C@@]1(O)[C@@H](C)C[C@H]2[C@@H]3CCC4=CC(=O)C=C[C@]4(C)[C@]34O[C@H]4C[C@@]21C. The van der Waals surface area contributed by atoms with Crippen LogP contribution in [0.3, 0.4) is 0 Å². The second-order valence-electron chi connectivity index (χ2n) is 9.84. The van der Waals surface area contributed by atoms with Crippen LogP contribution in [0.1, 0.15) is 53.4 Å². The third kappa shape index (κ3) is 1.53. The lowest BCUT2D eigenvalue weighted by Gasteiger charge is -2.55. The van der Waals surface area contributed by atoms with Crippen molar-refractivity contribution in [2.75, 3.05) is 0 Å². The van der Waals surface area contributed by atoms with Crippen LogP contribution in [0.25, 0.3) is 0 Å². The monoisotopic (exact) mass is 356 g/mol. The summed E-state index contributed by atoms with van der Waals surface area (Å²) in [7, 11) is 0. The van der Waals surface area contributed by atoms with E-state index in [1.807, 2.05) is 6.92 Å². The van der Waals surface area contributed by atoms with Crippen LogP contribution in [-0.2, 0) is 14.3 Å². The van der Waals surface area contributed by atoms with Crippen LogP contribution in [0.5, 0.6) is 0 Å². The number of rotatable bonds is 1. The Labute approximate surface area is 154 Å². The number of aliphatic hydroxyl groups is 1. The largest absolute Gasteiger partial charge is 0.381 e. The minimum atomic E-state index is -1.26. The summed E-state index contributed by atoms with van der Waals surface area (Å²) in [6.45, 7) is 7.89. The lowest BCUT2D eigenvalue weighted by molar-refractivity contribution is -0.160. The Kier molecular flexibility index (Phi) is 2.98. The Balaban J connectivity index is 1.62. The number of epoxide rings is 1. The summed E-state index contributed by atoms with van der Waals surface area (Å²) >= 11 is 0. The van der Waals surface area contributed by atoms with Gasteiger partial charge in [0.2, 0.25) is 0 Å². The first-order valence-corrected chi connectivity index (χ1v) is 9.97. The van der Waals surface area contributed by atoms with Crippen molar-refractivity contribution in [3.63, 3.8) is 0 Å². The molecule has 1 N–H and O–H groups in total. The van der Waals surface area contributed by atoms with Gasteiger partial charge in [0.05, 0.1) is 6.10 Å². The molecular formula is C22H28O4. The van der Waals surface area contributed by atoms with Crippen molar-refractivity contribution in [1.29, 1.82) is 0 Å². The normalized spacial score (nSPS) is 56.8. The topological polar surface area (TPSA) is 66.9 Å². The number of ketones is 2. The fourth-order valence-corrected chi connectivity index (χ4v) is 7.73. The van der Waals surface area contributed by atoms with Gasteiger partial charge < -0.3 is 9.84 Å². The zero-order valence-electron chi connectivity index (χ0n) is 16.0. The first-order valence-electron chi connectivity index (χ1n) is 9.97. The molecule has 0 amide bonds. The fourth-order valence-electron chi connectivity index (χ4n) is 7.73. The van der Waals surface area contributed by atoms with Gasteiger partial charge in [0, 0.05) is 10.8 Å². The summed E-state index contributed by atoms with van der Waals surface area (Å²) in [5, 5.41) is 11.5. The van der Waals surface area contributed by atoms with E-state index in [1.165, 1.54) is 12.5 Å². The number of allylic oxidation sites excluding steroid dienone is 2. The summed E-state index contributed by atoms with van der Waals surface area (Å²) < 4.78 is 6.46. The Morgan fingerprint density at radius 1 is 1.31 bits per heavy atom. The molecular weight excluding hydrogens is 328 g/mol. The molecule has 3 saturated carbocycles. The second kappa shape index (κ2) is 4.59. The van der Waals surface area contributed by atoms with Gasteiger partial charge >= 0.3 is 0 Å². The number of hydrogen-bond donors (Lipinski definition) is 1. The van der Waals surface area contributed by atoms with Crippen molar-refractivity contribution >= 4 is 11.6 Å². The van der Waals surface area contributed by atoms with Gasteiger partial charge in [-0.2, -0.15) is 0 Å². The van der Waals surface area contributed by atoms with E-state index in [0.717, 1.165) is 25.7 Å².